The van der Waals surface area contributed by atoms with Gasteiger partial charge in [0.2, 0.25) is 5.91 Å². The average molecular weight is 358 g/mol. The molecule has 0 saturated carbocycles. The van der Waals surface area contributed by atoms with Gasteiger partial charge in [-0.1, -0.05) is 35.9 Å². The lowest BCUT2D eigenvalue weighted by atomic mass is 10.2. The van der Waals surface area contributed by atoms with Gasteiger partial charge in [0.05, 0.1) is 6.54 Å². The number of rotatable bonds is 5. The van der Waals surface area contributed by atoms with Gasteiger partial charge in [-0.05, 0) is 42.3 Å². The van der Waals surface area contributed by atoms with Crippen LogP contribution in [0.4, 0.5) is 5.69 Å². The van der Waals surface area contributed by atoms with Crippen molar-refractivity contribution in [2.75, 3.05) is 38.0 Å². The maximum absolute atomic E-state index is 12.2. The number of anilines is 1. The monoisotopic (exact) mass is 357 g/mol. The molecule has 4 nitrogen and oxygen atoms in total. The molecule has 5 heteroatoms. The molecule has 1 aliphatic heterocycles. The number of carbonyl (C=O) groups excluding carboxylic acids is 1. The van der Waals surface area contributed by atoms with E-state index in [1.165, 1.54) is 5.56 Å². The summed E-state index contributed by atoms with van der Waals surface area (Å²) in [6.45, 7) is 7.17. The zero-order chi connectivity index (χ0) is 17.6. The van der Waals surface area contributed by atoms with Crippen LogP contribution in [0, 0.1) is 6.92 Å². The summed E-state index contributed by atoms with van der Waals surface area (Å²) in [4.78, 5) is 16.8. The highest BCUT2D eigenvalue weighted by atomic mass is 35.5. The molecule has 0 bridgehead atoms. The highest BCUT2D eigenvalue weighted by Gasteiger charge is 2.19. The van der Waals surface area contributed by atoms with Crippen molar-refractivity contribution in [3.8, 4) is 0 Å². The first-order valence-electron chi connectivity index (χ1n) is 8.64. The Hall–Kier alpha value is -1.88. The van der Waals surface area contributed by atoms with Crippen LogP contribution < -0.4 is 5.32 Å². The molecule has 1 fully saturated rings. The molecule has 1 heterocycles. The second-order valence-corrected chi connectivity index (χ2v) is 7.03. The van der Waals surface area contributed by atoms with E-state index >= 15 is 0 Å². The number of nitrogens with one attached hydrogen (secondary N) is 1. The minimum atomic E-state index is 0.0525. The second kappa shape index (κ2) is 8.48. The fourth-order valence-corrected chi connectivity index (χ4v) is 3.21. The van der Waals surface area contributed by atoms with Crippen molar-refractivity contribution in [1.29, 1.82) is 0 Å². The van der Waals surface area contributed by atoms with Crippen LogP contribution in [-0.4, -0.2) is 48.4 Å². The Labute approximate surface area is 154 Å². The van der Waals surface area contributed by atoms with Crippen molar-refractivity contribution in [3.05, 3.63) is 64.7 Å². The lowest BCUT2D eigenvalue weighted by Gasteiger charge is -2.34. The smallest absolute Gasteiger partial charge is 0.238 e. The van der Waals surface area contributed by atoms with E-state index in [-0.39, 0.29) is 5.91 Å². The summed E-state index contributed by atoms with van der Waals surface area (Å²) in [5.41, 5.74) is 3.29. The highest BCUT2D eigenvalue weighted by molar-refractivity contribution is 6.30. The Bertz CT molecular complexity index is 709. The van der Waals surface area contributed by atoms with Gasteiger partial charge in [0.25, 0.3) is 0 Å². The first-order valence-corrected chi connectivity index (χ1v) is 9.02. The summed E-state index contributed by atoms with van der Waals surface area (Å²) in [7, 11) is 0. The van der Waals surface area contributed by atoms with Gasteiger partial charge in [-0.15, -0.1) is 0 Å². The Morgan fingerprint density at radius 1 is 1.04 bits per heavy atom. The average Bonchev–Trinajstić information content (AvgIpc) is 2.59. The van der Waals surface area contributed by atoms with Gasteiger partial charge in [-0.25, -0.2) is 0 Å². The molecule has 0 radical (unpaired) electrons. The van der Waals surface area contributed by atoms with Crippen molar-refractivity contribution in [1.82, 2.24) is 9.80 Å². The molecule has 0 atom stereocenters. The zero-order valence-electron chi connectivity index (χ0n) is 14.5. The molecule has 132 valence electrons. The largest absolute Gasteiger partial charge is 0.325 e. The fourth-order valence-electron chi connectivity index (χ4n) is 3.08. The molecule has 1 N–H and O–H groups in total. The van der Waals surface area contributed by atoms with Crippen molar-refractivity contribution in [2.45, 2.75) is 13.5 Å². The molecule has 1 saturated heterocycles. The predicted molar refractivity (Wildman–Crippen MR) is 103 cm³/mol. The predicted octanol–water partition coefficient (Wildman–Crippen LogP) is 3.40. The SMILES string of the molecule is Cc1cccc(NC(=O)CN2CCN(Cc3ccc(Cl)cc3)CC2)c1. The van der Waals surface area contributed by atoms with Crippen LogP contribution in [0.15, 0.2) is 48.5 Å². The van der Waals surface area contributed by atoms with Crippen molar-refractivity contribution >= 4 is 23.2 Å². The maximum atomic E-state index is 12.2. The lowest BCUT2D eigenvalue weighted by molar-refractivity contribution is -0.117. The molecule has 0 spiro atoms. The van der Waals surface area contributed by atoms with Crippen LogP contribution in [0.5, 0.6) is 0 Å². The van der Waals surface area contributed by atoms with Crippen LogP contribution in [0.25, 0.3) is 0 Å². The van der Waals surface area contributed by atoms with Gasteiger partial charge in [0.1, 0.15) is 0 Å². The van der Waals surface area contributed by atoms with Crippen molar-refractivity contribution < 1.29 is 4.79 Å². The summed E-state index contributed by atoms with van der Waals surface area (Å²) >= 11 is 5.93. The Morgan fingerprint density at radius 2 is 1.72 bits per heavy atom. The van der Waals surface area contributed by atoms with Gasteiger partial charge in [-0.3, -0.25) is 14.6 Å². The van der Waals surface area contributed by atoms with Gasteiger partial charge in [-0.2, -0.15) is 0 Å². The summed E-state index contributed by atoms with van der Waals surface area (Å²) in [6, 6.07) is 15.9. The molecule has 2 aromatic rings. The molecule has 25 heavy (non-hydrogen) atoms. The molecule has 1 aliphatic rings. The second-order valence-electron chi connectivity index (χ2n) is 6.60. The van der Waals surface area contributed by atoms with E-state index in [1.54, 1.807) is 0 Å². The third-order valence-electron chi connectivity index (χ3n) is 4.45. The number of amides is 1. The first-order chi connectivity index (χ1) is 12.1. The van der Waals surface area contributed by atoms with E-state index in [0.29, 0.717) is 6.54 Å². The Morgan fingerprint density at radius 3 is 2.40 bits per heavy atom. The van der Waals surface area contributed by atoms with E-state index in [9.17, 15) is 4.79 Å². The summed E-state index contributed by atoms with van der Waals surface area (Å²) in [6.07, 6.45) is 0. The Kier molecular flexibility index (Phi) is 6.08. The van der Waals surface area contributed by atoms with Gasteiger partial charge in [0.15, 0.2) is 0 Å². The molecular weight excluding hydrogens is 334 g/mol. The summed E-state index contributed by atoms with van der Waals surface area (Å²) < 4.78 is 0. The van der Waals surface area contributed by atoms with Crippen molar-refractivity contribution in [2.24, 2.45) is 0 Å². The minimum Gasteiger partial charge on any atom is -0.325 e. The number of aryl methyl sites for hydroxylation is 1. The molecule has 0 aromatic heterocycles. The number of hydrogen-bond acceptors (Lipinski definition) is 3. The van der Waals surface area contributed by atoms with E-state index in [1.807, 2.05) is 43.3 Å². The standard InChI is InChI=1S/C20H24ClN3O/c1-16-3-2-4-19(13-16)22-20(25)15-24-11-9-23(10-12-24)14-17-5-7-18(21)8-6-17/h2-8,13H,9-12,14-15H2,1H3,(H,22,25). The number of carbonyl (C=O) groups is 1. The fraction of sp³-hybridized carbons (Fsp3) is 0.350. The van der Waals surface area contributed by atoms with Crippen LogP contribution in [0.1, 0.15) is 11.1 Å². The first kappa shape index (κ1) is 17.9. The van der Waals surface area contributed by atoms with Gasteiger partial charge in [0, 0.05) is 43.4 Å². The highest BCUT2D eigenvalue weighted by Crippen LogP contribution is 2.13. The third kappa shape index (κ3) is 5.56. The van der Waals surface area contributed by atoms with Crippen molar-refractivity contribution in [3.63, 3.8) is 0 Å². The van der Waals surface area contributed by atoms with Crippen LogP contribution >= 0.6 is 11.6 Å². The number of piperazine rings is 1. The topological polar surface area (TPSA) is 35.6 Å². The zero-order valence-corrected chi connectivity index (χ0v) is 15.3. The third-order valence-corrected chi connectivity index (χ3v) is 4.71. The van der Waals surface area contributed by atoms with E-state index in [2.05, 4.69) is 27.2 Å². The number of hydrogen-bond donors (Lipinski definition) is 1. The lowest BCUT2D eigenvalue weighted by Crippen LogP contribution is -2.48. The van der Waals surface area contributed by atoms with E-state index in [0.717, 1.165) is 49.0 Å². The number of benzene rings is 2. The van der Waals surface area contributed by atoms with Crippen LogP contribution in [0.3, 0.4) is 0 Å². The van der Waals surface area contributed by atoms with Crippen LogP contribution in [0.2, 0.25) is 5.02 Å². The van der Waals surface area contributed by atoms with Gasteiger partial charge < -0.3 is 5.32 Å². The molecule has 2 aromatic carbocycles. The van der Waals surface area contributed by atoms with E-state index in [4.69, 9.17) is 11.6 Å². The molecule has 1 amide bonds. The normalized spacial score (nSPS) is 15.9. The quantitative estimate of drug-likeness (QED) is 0.890. The van der Waals surface area contributed by atoms with Gasteiger partial charge >= 0.3 is 0 Å². The summed E-state index contributed by atoms with van der Waals surface area (Å²) in [5, 5.41) is 3.75. The number of halogens is 1. The number of nitrogens with zero attached hydrogens (tertiary/aromatic N) is 2. The van der Waals surface area contributed by atoms with Crippen LogP contribution in [-0.2, 0) is 11.3 Å². The molecular formula is C20H24ClN3O. The summed E-state index contributed by atoms with van der Waals surface area (Å²) in [5.74, 6) is 0.0525. The molecule has 0 aliphatic carbocycles. The van der Waals surface area contributed by atoms with E-state index < -0.39 is 0 Å². The molecule has 0 unspecified atom stereocenters. The molecule has 3 rings (SSSR count). The maximum Gasteiger partial charge on any atom is 0.238 e. The minimum absolute atomic E-state index is 0.0525. The Balaban J connectivity index is 1.42.